The van der Waals surface area contributed by atoms with Crippen molar-refractivity contribution >= 4 is 17.2 Å². The van der Waals surface area contributed by atoms with Crippen LogP contribution in [-0.2, 0) is 13.1 Å². The highest BCUT2D eigenvalue weighted by Crippen LogP contribution is 2.35. The van der Waals surface area contributed by atoms with E-state index in [9.17, 15) is 4.79 Å². The molecule has 5 rings (SSSR count). The molecule has 0 aromatic carbocycles. The number of aromatic nitrogens is 2. The molecule has 1 amide bonds. The zero-order valence-electron chi connectivity index (χ0n) is 15.3. The third-order valence-corrected chi connectivity index (χ3v) is 6.75. The number of fused-ring (bicyclic) bond motifs is 3. The second kappa shape index (κ2) is 6.62. The molecular weight excluding hydrogens is 356 g/mol. The molecule has 2 aliphatic heterocycles. The largest absolute Gasteiger partial charge is 0.337 e. The molecule has 3 aromatic heterocycles. The van der Waals surface area contributed by atoms with Gasteiger partial charge in [0, 0.05) is 36.9 Å². The van der Waals surface area contributed by atoms with Gasteiger partial charge in [-0.1, -0.05) is 6.07 Å². The second-order valence-corrected chi connectivity index (χ2v) is 8.41. The molecular formula is C21H22N4OS. The van der Waals surface area contributed by atoms with Gasteiger partial charge in [-0.3, -0.25) is 14.7 Å². The van der Waals surface area contributed by atoms with E-state index in [-0.39, 0.29) is 11.9 Å². The fourth-order valence-corrected chi connectivity index (χ4v) is 5.29. The average molecular weight is 379 g/mol. The Bertz CT molecular complexity index is 963. The molecule has 0 bridgehead atoms. The average Bonchev–Trinajstić information content (AvgIpc) is 3.40. The predicted octanol–water partition coefficient (Wildman–Crippen LogP) is 3.33. The standard InChI is InChI=1S/C21H22N4OS/c1-15-7-10-27-20(15)14-23-12-18-19(13-23)25(11-16-5-2-3-8-22-16)21(26)17-6-4-9-24(17)18/h2-10,18-19H,11-14H2,1H3. The maximum absolute atomic E-state index is 13.2. The Morgan fingerprint density at radius 3 is 2.78 bits per heavy atom. The van der Waals surface area contributed by atoms with Gasteiger partial charge in [-0.2, -0.15) is 0 Å². The maximum atomic E-state index is 13.2. The zero-order chi connectivity index (χ0) is 18.4. The Labute approximate surface area is 162 Å². The van der Waals surface area contributed by atoms with E-state index in [1.807, 2.05) is 46.6 Å². The van der Waals surface area contributed by atoms with Gasteiger partial charge in [0.15, 0.2) is 0 Å². The Kier molecular flexibility index (Phi) is 4.10. The first-order valence-corrected chi connectivity index (χ1v) is 10.2. The van der Waals surface area contributed by atoms with Crippen LogP contribution in [0.5, 0.6) is 0 Å². The van der Waals surface area contributed by atoms with Crippen LogP contribution < -0.4 is 0 Å². The normalized spacial score (nSPS) is 22.1. The van der Waals surface area contributed by atoms with Gasteiger partial charge in [0.2, 0.25) is 0 Å². The minimum absolute atomic E-state index is 0.112. The molecule has 1 fully saturated rings. The molecule has 0 radical (unpaired) electrons. The van der Waals surface area contributed by atoms with Crippen molar-refractivity contribution in [1.82, 2.24) is 19.4 Å². The smallest absolute Gasteiger partial charge is 0.271 e. The number of hydrogen-bond acceptors (Lipinski definition) is 4. The lowest BCUT2D eigenvalue weighted by Gasteiger charge is -2.38. The van der Waals surface area contributed by atoms with Crippen molar-refractivity contribution in [3.63, 3.8) is 0 Å². The van der Waals surface area contributed by atoms with Crippen LogP contribution in [0.15, 0.2) is 54.2 Å². The van der Waals surface area contributed by atoms with Gasteiger partial charge in [0.25, 0.3) is 5.91 Å². The zero-order valence-corrected chi connectivity index (χ0v) is 16.1. The Morgan fingerprint density at radius 1 is 1.11 bits per heavy atom. The number of likely N-dealkylation sites (tertiary alicyclic amines) is 1. The first-order chi connectivity index (χ1) is 13.2. The van der Waals surface area contributed by atoms with Gasteiger partial charge in [-0.05, 0) is 48.2 Å². The summed E-state index contributed by atoms with van der Waals surface area (Å²) in [6.07, 6.45) is 3.85. The molecule has 5 nitrogen and oxygen atoms in total. The van der Waals surface area contributed by atoms with E-state index in [1.54, 1.807) is 6.20 Å². The molecule has 2 unspecified atom stereocenters. The van der Waals surface area contributed by atoms with Crippen LogP contribution in [0.25, 0.3) is 0 Å². The van der Waals surface area contributed by atoms with Crippen molar-refractivity contribution in [3.8, 4) is 0 Å². The SMILES string of the molecule is Cc1ccsc1CN1CC2C(C1)n1cccc1C(=O)N2Cc1ccccn1. The minimum Gasteiger partial charge on any atom is -0.337 e. The number of hydrogen-bond donors (Lipinski definition) is 0. The number of carbonyl (C=O) groups excluding carboxylic acids is 1. The fraction of sp³-hybridized carbons (Fsp3) is 0.333. The van der Waals surface area contributed by atoms with Crippen LogP contribution in [0.4, 0.5) is 0 Å². The summed E-state index contributed by atoms with van der Waals surface area (Å²) in [6.45, 7) is 5.57. The van der Waals surface area contributed by atoms with Crippen molar-refractivity contribution in [2.75, 3.05) is 13.1 Å². The third kappa shape index (κ3) is 2.89. The molecule has 138 valence electrons. The Morgan fingerprint density at radius 2 is 2.00 bits per heavy atom. The molecule has 6 heteroatoms. The molecule has 0 spiro atoms. The van der Waals surface area contributed by atoms with Gasteiger partial charge >= 0.3 is 0 Å². The number of rotatable bonds is 4. The first-order valence-electron chi connectivity index (χ1n) is 9.34. The van der Waals surface area contributed by atoms with Gasteiger partial charge < -0.3 is 9.47 Å². The third-order valence-electron chi connectivity index (χ3n) is 5.75. The van der Waals surface area contributed by atoms with Crippen LogP contribution in [0, 0.1) is 6.92 Å². The molecule has 1 saturated heterocycles. The molecule has 3 aromatic rings. The number of aryl methyl sites for hydroxylation is 1. The fourth-order valence-electron chi connectivity index (χ4n) is 4.34. The minimum atomic E-state index is 0.112. The summed E-state index contributed by atoms with van der Waals surface area (Å²) in [5.74, 6) is 0.112. The Balaban J connectivity index is 1.45. The van der Waals surface area contributed by atoms with Crippen molar-refractivity contribution < 1.29 is 4.79 Å². The van der Waals surface area contributed by atoms with Crippen LogP contribution in [0.2, 0.25) is 0 Å². The monoisotopic (exact) mass is 378 g/mol. The van der Waals surface area contributed by atoms with E-state index in [1.165, 1.54) is 10.4 Å². The van der Waals surface area contributed by atoms with Crippen LogP contribution in [-0.4, -0.2) is 44.4 Å². The van der Waals surface area contributed by atoms with Crippen molar-refractivity contribution in [3.05, 3.63) is 76.0 Å². The highest BCUT2D eigenvalue weighted by molar-refractivity contribution is 7.10. The van der Waals surface area contributed by atoms with Gasteiger partial charge in [-0.25, -0.2) is 0 Å². The lowest BCUT2D eigenvalue weighted by atomic mass is 10.1. The lowest BCUT2D eigenvalue weighted by Crippen LogP contribution is -2.49. The summed E-state index contributed by atoms with van der Waals surface area (Å²) in [6, 6.07) is 12.5. The highest BCUT2D eigenvalue weighted by Gasteiger charge is 2.45. The number of nitrogens with zero attached hydrogens (tertiary/aromatic N) is 4. The molecule has 5 heterocycles. The van der Waals surface area contributed by atoms with Crippen molar-refractivity contribution in [1.29, 1.82) is 0 Å². The van der Waals surface area contributed by atoms with Gasteiger partial charge in [-0.15, -0.1) is 11.3 Å². The van der Waals surface area contributed by atoms with Gasteiger partial charge in [0.1, 0.15) is 5.69 Å². The first kappa shape index (κ1) is 16.7. The molecule has 0 saturated carbocycles. The number of pyridine rings is 1. The van der Waals surface area contributed by atoms with Gasteiger partial charge in [0.05, 0.1) is 24.3 Å². The molecule has 2 atom stereocenters. The van der Waals surface area contributed by atoms with E-state index < -0.39 is 0 Å². The molecule has 2 aliphatic rings. The summed E-state index contributed by atoms with van der Waals surface area (Å²) < 4.78 is 2.18. The van der Waals surface area contributed by atoms with Crippen molar-refractivity contribution in [2.24, 2.45) is 0 Å². The predicted molar refractivity (Wildman–Crippen MR) is 106 cm³/mol. The molecule has 27 heavy (non-hydrogen) atoms. The Hall–Kier alpha value is -2.44. The maximum Gasteiger partial charge on any atom is 0.271 e. The summed E-state index contributed by atoms with van der Waals surface area (Å²) in [4.78, 5) is 23.5. The molecule has 0 N–H and O–H groups in total. The van der Waals surface area contributed by atoms with Crippen LogP contribution in [0.1, 0.15) is 32.7 Å². The summed E-state index contributed by atoms with van der Waals surface area (Å²) in [7, 11) is 0. The van der Waals surface area contributed by atoms with E-state index >= 15 is 0 Å². The van der Waals surface area contributed by atoms with Crippen molar-refractivity contribution in [2.45, 2.75) is 32.1 Å². The molecule has 0 aliphatic carbocycles. The second-order valence-electron chi connectivity index (χ2n) is 7.41. The van der Waals surface area contributed by atoms with E-state index in [4.69, 9.17) is 0 Å². The topological polar surface area (TPSA) is 41.4 Å². The summed E-state index contributed by atoms with van der Waals surface area (Å²) in [5.41, 5.74) is 3.09. The lowest BCUT2D eigenvalue weighted by molar-refractivity contribution is 0.0553. The summed E-state index contributed by atoms with van der Waals surface area (Å²) >= 11 is 1.82. The number of carbonyl (C=O) groups is 1. The number of amides is 1. The van der Waals surface area contributed by atoms with Crippen LogP contribution in [0.3, 0.4) is 0 Å². The number of thiophene rings is 1. The van der Waals surface area contributed by atoms with Crippen LogP contribution >= 0.6 is 11.3 Å². The highest BCUT2D eigenvalue weighted by atomic mass is 32.1. The van der Waals surface area contributed by atoms with E-state index in [0.717, 1.165) is 31.0 Å². The summed E-state index contributed by atoms with van der Waals surface area (Å²) in [5, 5.41) is 2.16. The van der Waals surface area contributed by atoms with E-state index in [0.29, 0.717) is 12.6 Å². The quantitative estimate of drug-likeness (QED) is 0.699. The van der Waals surface area contributed by atoms with E-state index in [2.05, 4.69) is 39.0 Å².